The highest BCUT2D eigenvalue weighted by atomic mass is 32.2. The molecule has 0 N–H and O–H groups in total. The number of benzene rings is 2. The van der Waals surface area contributed by atoms with E-state index in [9.17, 15) is 26.4 Å². The lowest BCUT2D eigenvalue weighted by molar-refractivity contribution is -0.137. The zero-order valence-electron chi connectivity index (χ0n) is 14.9. The minimum absolute atomic E-state index is 0.0869. The standard InChI is InChI=1S/C19H16F3NO4S/c1-13-3-9-16(10-4-13)28(25,26)23-17(11-12-18(24)27-2)14-5-7-15(8-6-14)19(20,21)22/h3-12H,1-2H3/b12-11+,23-17+. The molecule has 5 nitrogen and oxygen atoms in total. The van der Waals surface area contributed by atoms with Crippen molar-refractivity contribution in [2.45, 2.75) is 18.0 Å². The molecule has 0 aliphatic heterocycles. The number of hydrogen-bond donors (Lipinski definition) is 0. The molecule has 0 aliphatic rings. The second-order valence-electron chi connectivity index (χ2n) is 5.70. The van der Waals surface area contributed by atoms with E-state index in [0.29, 0.717) is 0 Å². The molecule has 0 aromatic heterocycles. The average molecular weight is 411 g/mol. The Bertz CT molecular complexity index is 1010. The summed E-state index contributed by atoms with van der Waals surface area (Å²) in [5.74, 6) is -0.771. The maximum atomic E-state index is 12.7. The molecule has 0 heterocycles. The van der Waals surface area contributed by atoms with Crippen LogP contribution in [0.3, 0.4) is 0 Å². The third-order valence-corrected chi connectivity index (χ3v) is 4.93. The summed E-state index contributed by atoms with van der Waals surface area (Å²) in [4.78, 5) is 11.3. The van der Waals surface area contributed by atoms with Gasteiger partial charge >= 0.3 is 12.1 Å². The van der Waals surface area contributed by atoms with Crippen molar-refractivity contribution >= 4 is 21.7 Å². The molecule has 0 unspecified atom stereocenters. The second-order valence-corrected chi connectivity index (χ2v) is 7.30. The van der Waals surface area contributed by atoms with Crippen LogP contribution in [0.1, 0.15) is 16.7 Å². The van der Waals surface area contributed by atoms with E-state index in [4.69, 9.17) is 0 Å². The van der Waals surface area contributed by atoms with Gasteiger partial charge in [-0.15, -0.1) is 0 Å². The molecule has 0 saturated carbocycles. The number of rotatable bonds is 5. The number of esters is 1. The first-order valence-corrected chi connectivity index (χ1v) is 9.32. The van der Waals surface area contributed by atoms with Crippen LogP contribution in [-0.2, 0) is 25.7 Å². The van der Waals surface area contributed by atoms with Crippen molar-refractivity contribution in [2.75, 3.05) is 7.11 Å². The molecule has 2 aromatic carbocycles. The van der Waals surface area contributed by atoms with E-state index < -0.39 is 27.7 Å². The van der Waals surface area contributed by atoms with E-state index >= 15 is 0 Å². The molecule has 0 aliphatic carbocycles. The maximum Gasteiger partial charge on any atom is 0.416 e. The SMILES string of the molecule is COC(=O)/C=C/C(=N\S(=O)(=O)c1ccc(C)cc1)c1ccc(C(F)(F)F)cc1. The molecule has 2 rings (SSSR count). The van der Waals surface area contributed by atoms with Gasteiger partial charge in [-0.25, -0.2) is 4.79 Å². The van der Waals surface area contributed by atoms with E-state index in [1.807, 2.05) is 0 Å². The highest BCUT2D eigenvalue weighted by molar-refractivity contribution is 7.90. The molecule has 2 aromatic rings. The highest BCUT2D eigenvalue weighted by Crippen LogP contribution is 2.29. The van der Waals surface area contributed by atoms with Crippen molar-refractivity contribution in [3.63, 3.8) is 0 Å². The van der Waals surface area contributed by atoms with Crippen LogP contribution in [-0.4, -0.2) is 27.2 Å². The van der Waals surface area contributed by atoms with Crippen LogP contribution in [0.25, 0.3) is 0 Å². The Morgan fingerprint density at radius 2 is 1.57 bits per heavy atom. The van der Waals surface area contributed by atoms with Gasteiger partial charge in [-0.3, -0.25) is 0 Å². The number of allylic oxidation sites excluding steroid dienone is 1. The van der Waals surface area contributed by atoms with Gasteiger partial charge in [-0.05, 0) is 37.3 Å². The molecule has 0 saturated heterocycles. The molecular weight excluding hydrogens is 395 g/mol. The Hall–Kier alpha value is -2.94. The number of aryl methyl sites for hydroxylation is 1. The van der Waals surface area contributed by atoms with Gasteiger partial charge in [0.1, 0.15) is 0 Å². The van der Waals surface area contributed by atoms with Gasteiger partial charge in [-0.2, -0.15) is 26.0 Å². The molecule has 0 amide bonds. The van der Waals surface area contributed by atoms with Crippen molar-refractivity contribution in [3.05, 3.63) is 77.4 Å². The summed E-state index contributed by atoms with van der Waals surface area (Å²) in [5, 5.41) is 0. The normalized spacial score (nSPS) is 13.0. The summed E-state index contributed by atoms with van der Waals surface area (Å²) in [6.07, 6.45) is -2.53. The van der Waals surface area contributed by atoms with Crippen molar-refractivity contribution in [3.8, 4) is 0 Å². The lowest BCUT2D eigenvalue weighted by atomic mass is 10.1. The third-order valence-electron chi connectivity index (χ3n) is 3.62. The molecule has 0 spiro atoms. The summed E-state index contributed by atoms with van der Waals surface area (Å²) in [7, 11) is -3.03. The lowest BCUT2D eigenvalue weighted by Gasteiger charge is -2.08. The molecule has 28 heavy (non-hydrogen) atoms. The Kier molecular flexibility index (Phi) is 6.40. The van der Waals surface area contributed by atoms with Crippen molar-refractivity contribution < 1.29 is 31.1 Å². The van der Waals surface area contributed by atoms with Crippen molar-refractivity contribution in [1.82, 2.24) is 0 Å². The molecular formula is C19H16F3NO4S. The van der Waals surface area contributed by atoms with E-state index in [1.54, 1.807) is 19.1 Å². The van der Waals surface area contributed by atoms with Crippen LogP contribution < -0.4 is 0 Å². The van der Waals surface area contributed by atoms with E-state index in [2.05, 4.69) is 9.13 Å². The molecule has 0 bridgehead atoms. The number of hydrogen-bond acceptors (Lipinski definition) is 4. The Morgan fingerprint density at radius 3 is 2.07 bits per heavy atom. The highest BCUT2D eigenvalue weighted by Gasteiger charge is 2.30. The predicted molar refractivity (Wildman–Crippen MR) is 97.5 cm³/mol. The van der Waals surface area contributed by atoms with Gasteiger partial charge in [-0.1, -0.05) is 29.8 Å². The minimum Gasteiger partial charge on any atom is -0.466 e. The second kappa shape index (κ2) is 8.39. The van der Waals surface area contributed by atoms with Gasteiger partial charge in [0.2, 0.25) is 0 Å². The third kappa shape index (κ3) is 5.53. The average Bonchev–Trinajstić information content (AvgIpc) is 2.64. The smallest absolute Gasteiger partial charge is 0.416 e. The van der Waals surface area contributed by atoms with Gasteiger partial charge in [0.15, 0.2) is 0 Å². The molecule has 9 heteroatoms. The monoisotopic (exact) mass is 411 g/mol. The van der Waals surface area contributed by atoms with Gasteiger partial charge in [0.05, 0.1) is 23.3 Å². The summed E-state index contributed by atoms with van der Waals surface area (Å²) >= 11 is 0. The zero-order valence-corrected chi connectivity index (χ0v) is 15.7. The Balaban J connectivity index is 2.52. The van der Waals surface area contributed by atoms with E-state index in [0.717, 1.165) is 49.1 Å². The fraction of sp³-hybridized carbons (Fsp3) is 0.158. The minimum atomic E-state index is -4.54. The number of carbonyl (C=O) groups is 1. The van der Waals surface area contributed by atoms with Crippen molar-refractivity contribution in [1.29, 1.82) is 0 Å². The van der Waals surface area contributed by atoms with Crippen LogP contribution in [0.4, 0.5) is 13.2 Å². The molecule has 0 atom stereocenters. The lowest BCUT2D eigenvalue weighted by Crippen LogP contribution is -2.08. The van der Waals surface area contributed by atoms with Gasteiger partial charge in [0.25, 0.3) is 10.0 Å². The number of sulfonamides is 1. The molecule has 0 radical (unpaired) electrons. The fourth-order valence-electron chi connectivity index (χ4n) is 2.12. The first-order chi connectivity index (χ1) is 13.0. The summed E-state index contributed by atoms with van der Waals surface area (Å²) in [5.41, 5.74) is -0.172. The van der Waals surface area contributed by atoms with E-state index in [1.165, 1.54) is 12.1 Å². The number of nitrogens with zero attached hydrogens (tertiary/aromatic N) is 1. The van der Waals surface area contributed by atoms with Crippen molar-refractivity contribution in [2.24, 2.45) is 4.40 Å². The number of ether oxygens (including phenoxy) is 1. The van der Waals surface area contributed by atoms with Crippen LogP contribution >= 0.6 is 0 Å². The number of halogens is 3. The topological polar surface area (TPSA) is 72.8 Å². The quantitative estimate of drug-likeness (QED) is 0.425. The zero-order chi connectivity index (χ0) is 20.9. The molecule has 0 fully saturated rings. The Labute approximate surface area is 160 Å². The first kappa shape index (κ1) is 21.4. The number of methoxy groups -OCH3 is 1. The molecule has 148 valence electrons. The van der Waals surface area contributed by atoms with Gasteiger partial charge < -0.3 is 4.74 Å². The maximum absolute atomic E-state index is 12.7. The Morgan fingerprint density at radius 1 is 1.00 bits per heavy atom. The first-order valence-electron chi connectivity index (χ1n) is 7.88. The summed E-state index contributed by atoms with van der Waals surface area (Å²) in [6, 6.07) is 9.66. The summed E-state index contributed by atoms with van der Waals surface area (Å²) in [6.45, 7) is 1.78. The predicted octanol–water partition coefficient (Wildman–Crippen LogP) is 3.92. The van der Waals surface area contributed by atoms with Crippen LogP contribution in [0, 0.1) is 6.92 Å². The van der Waals surface area contributed by atoms with Crippen LogP contribution in [0.2, 0.25) is 0 Å². The number of carbonyl (C=O) groups excluding carboxylic acids is 1. The van der Waals surface area contributed by atoms with Crippen LogP contribution in [0.15, 0.2) is 70.0 Å². The largest absolute Gasteiger partial charge is 0.466 e. The summed E-state index contributed by atoms with van der Waals surface area (Å²) < 4.78 is 71.5. The van der Waals surface area contributed by atoms with E-state index in [-0.39, 0.29) is 16.2 Å². The fourth-order valence-corrected chi connectivity index (χ4v) is 3.13. The van der Waals surface area contributed by atoms with Gasteiger partial charge in [0, 0.05) is 11.6 Å². The number of alkyl halides is 3. The van der Waals surface area contributed by atoms with Crippen LogP contribution in [0.5, 0.6) is 0 Å².